The maximum atomic E-state index is 13.1. The Labute approximate surface area is 209 Å². The van der Waals surface area contributed by atoms with Gasteiger partial charge in [0.15, 0.2) is 0 Å². The van der Waals surface area contributed by atoms with E-state index in [9.17, 15) is 22.7 Å². The van der Waals surface area contributed by atoms with Crippen LogP contribution in [-0.4, -0.2) is 65.0 Å². The molecule has 2 atom stereocenters. The van der Waals surface area contributed by atoms with E-state index in [4.69, 9.17) is 0 Å². The summed E-state index contributed by atoms with van der Waals surface area (Å²) in [4.78, 5) is 9.04. The first-order valence-corrected chi connectivity index (χ1v) is 12.1. The Bertz CT molecular complexity index is 1100. The lowest BCUT2D eigenvalue weighted by atomic mass is 9.92. The van der Waals surface area contributed by atoms with E-state index < -0.39 is 24.0 Å². The number of piperazine rings is 1. The Kier molecular flexibility index (Phi) is 8.07. The highest BCUT2D eigenvalue weighted by molar-refractivity contribution is 5.64. The smallest absolute Gasteiger partial charge is 0.374 e. The molecule has 1 saturated heterocycles. The van der Waals surface area contributed by atoms with Crippen LogP contribution in [0.25, 0.3) is 11.1 Å². The summed E-state index contributed by atoms with van der Waals surface area (Å²) in [7, 11) is 0. The zero-order chi connectivity index (χ0) is 25.8. The molecule has 1 aromatic heterocycles. The van der Waals surface area contributed by atoms with Gasteiger partial charge in [0.25, 0.3) is 0 Å². The Balaban J connectivity index is 1.32. The molecule has 2 unspecified atom stereocenters. The molecule has 1 N–H and O–H groups in total. The quantitative estimate of drug-likeness (QED) is 0.430. The van der Waals surface area contributed by atoms with Gasteiger partial charge >= 0.3 is 6.18 Å². The third kappa shape index (κ3) is 5.94. The second-order valence-corrected chi connectivity index (χ2v) is 9.49. The van der Waals surface area contributed by atoms with Crippen molar-refractivity contribution in [3.63, 3.8) is 0 Å². The molecule has 36 heavy (non-hydrogen) atoms. The summed E-state index contributed by atoms with van der Waals surface area (Å²) < 4.78 is 52.4. The lowest BCUT2D eigenvalue weighted by Gasteiger charge is -2.38. The molecule has 3 aromatic rings. The zero-order valence-electron chi connectivity index (χ0n) is 20.3. The molecular formula is C28H31F4N3O. The van der Waals surface area contributed by atoms with Gasteiger partial charge in [0.05, 0.1) is 0 Å². The average Bonchev–Trinajstić information content (AvgIpc) is 2.89. The minimum absolute atomic E-state index is 0.388. The summed E-state index contributed by atoms with van der Waals surface area (Å²) in [6.07, 6.45) is -0.533. The van der Waals surface area contributed by atoms with Crippen molar-refractivity contribution in [2.75, 3.05) is 32.9 Å². The van der Waals surface area contributed by atoms with Crippen molar-refractivity contribution >= 4 is 0 Å². The van der Waals surface area contributed by atoms with Crippen molar-refractivity contribution in [3.05, 3.63) is 89.7 Å². The molecule has 4 rings (SSSR count). The monoisotopic (exact) mass is 501 g/mol. The fourth-order valence-corrected chi connectivity index (χ4v) is 4.67. The number of pyridine rings is 1. The van der Waals surface area contributed by atoms with Crippen LogP contribution in [0.2, 0.25) is 0 Å². The summed E-state index contributed by atoms with van der Waals surface area (Å²) in [5.74, 6) is 0. The molecule has 192 valence electrons. The van der Waals surface area contributed by atoms with Crippen LogP contribution in [0.3, 0.4) is 0 Å². The number of hydrogen-bond acceptors (Lipinski definition) is 4. The molecule has 0 saturated carbocycles. The lowest BCUT2D eigenvalue weighted by Crippen LogP contribution is -2.49. The summed E-state index contributed by atoms with van der Waals surface area (Å²) in [5, 5.41) is 9.79. The highest BCUT2D eigenvalue weighted by Gasteiger charge is 2.55. The second kappa shape index (κ2) is 11.1. The third-order valence-corrected chi connectivity index (χ3v) is 7.03. The maximum absolute atomic E-state index is 13.1. The van der Waals surface area contributed by atoms with Crippen molar-refractivity contribution in [1.82, 2.24) is 14.8 Å². The first-order chi connectivity index (χ1) is 17.2. The molecule has 0 spiro atoms. The number of alkyl halides is 4. The largest absolute Gasteiger partial charge is 0.424 e. The average molecular weight is 502 g/mol. The van der Waals surface area contributed by atoms with Gasteiger partial charge in [-0.1, -0.05) is 48.5 Å². The molecule has 4 nitrogen and oxygen atoms in total. The number of hydrogen-bond donors (Lipinski definition) is 1. The van der Waals surface area contributed by atoms with Crippen molar-refractivity contribution in [3.8, 4) is 11.1 Å². The molecule has 0 bridgehead atoms. The second-order valence-electron chi connectivity index (χ2n) is 9.49. The molecule has 8 heteroatoms. The fraction of sp³-hybridized carbons (Fsp3) is 0.393. The normalized spacial score (nSPS) is 18.1. The predicted molar refractivity (Wildman–Crippen MR) is 132 cm³/mol. The van der Waals surface area contributed by atoms with E-state index in [1.807, 2.05) is 36.7 Å². The van der Waals surface area contributed by atoms with Gasteiger partial charge in [-0.2, -0.15) is 13.2 Å². The Morgan fingerprint density at radius 1 is 0.833 bits per heavy atom. The number of benzene rings is 2. The first kappa shape index (κ1) is 26.3. The topological polar surface area (TPSA) is 39.6 Å². The lowest BCUT2D eigenvalue weighted by molar-refractivity contribution is -0.271. The van der Waals surface area contributed by atoms with Gasteiger partial charge in [0.2, 0.25) is 5.60 Å². The Hall–Kier alpha value is -2.81. The molecule has 0 amide bonds. The number of halogens is 4. The predicted octanol–water partition coefficient (Wildman–Crippen LogP) is 5.22. The standard InChI is InChI=1S/C28H31F4N3O/c1-21(35-16-14-34(15-17-35)19-23-10-12-33-13-11-23)18-22-2-4-24(5-3-22)25-6-8-26(9-7-25)27(36,20-29)28(30,31)32/h2-13,21,36H,14-20H2,1H3. The number of rotatable bonds is 8. The van der Waals surface area contributed by atoms with E-state index in [0.29, 0.717) is 11.6 Å². The molecule has 1 aliphatic rings. The summed E-state index contributed by atoms with van der Waals surface area (Å²) in [5.41, 5.74) is 0.0134. The SMILES string of the molecule is CC(Cc1ccc(-c2ccc(C(O)(CF)C(F)(F)F)cc2)cc1)N1CCN(Cc2ccncc2)CC1. The van der Waals surface area contributed by atoms with E-state index in [0.717, 1.165) is 56.8 Å². The van der Waals surface area contributed by atoms with Crippen molar-refractivity contribution < 1.29 is 22.7 Å². The molecule has 2 heterocycles. The van der Waals surface area contributed by atoms with Gasteiger partial charge in [-0.25, -0.2) is 4.39 Å². The van der Waals surface area contributed by atoms with Crippen LogP contribution in [0.5, 0.6) is 0 Å². The number of nitrogens with zero attached hydrogens (tertiary/aromatic N) is 3. The molecule has 1 fully saturated rings. The highest BCUT2D eigenvalue weighted by Crippen LogP contribution is 2.39. The maximum Gasteiger partial charge on any atom is 0.424 e. The van der Waals surface area contributed by atoms with Gasteiger partial charge in [-0.15, -0.1) is 0 Å². The van der Waals surface area contributed by atoms with Crippen LogP contribution < -0.4 is 0 Å². The summed E-state index contributed by atoms with van der Waals surface area (Å²) in [6.45, 7) is 5.32. The minimum atomic E-state index is -5.09. The van der Waals surface area contributed by atoms with Crippen LogP contribution in [-0.2, 0) is 18.6 Å². The highest BCUT2D eigenvalue weighted by atomic mass is 19.4. The van der Waals surface area contributed by atoms with Crippen LogP contribution in [0, 0.1) is 0 Å². The van der Waals surface area contributed by atoms with E-state index in [-0.39, 0.29) is 0 Å². The van der Waals surface area contributed by atoms with E-state index in [1.165, 1.54) is 23.3 Å². The Morgan fingerprint density at radius 2 is 1.39 bits per heavy atom. The van der Waals surface area contributed by atoms with Crippen molar-refractivity contribution in [1.29, 1.82) is 0 Å². The Morgan fingerprint density at radius 3 is 1.92 bits per heavy atom. The van der Waals surface area contributed by atoms with E-state index in [1.54, 1.807) is 0 Å². The van der Waals surface area contributed by atoms with Gasteiger partial charge in [0.1, 0.15) is 6.67 Å². The van der Waals surface area contributed by atoms with E-state index >= 15 is 0 Å². The van der Waals surface area contributed by atoms with Crippen molar-refractivity contribution in [2.24, 2.45) is 0 Å². The molecular weight excluding hydrogens is 470 g/mol. The molecule has 0 aliphatic carbocycles. The van der Waals surface area contributed by atoms with Crippen LogP contribution in [0.4, 0.5) is 17.6 Å². The van der Waals surface area contributed by atoms with Gasteiger partial charge < -0.3 is 5.11 Å². The van der Waals surface area contributed by atoms with E-state index in [2.05, 4.69) is 33.8 Å². The zero-order valence-corrected chi connectivity index (χ0v) is 20.3. The first-order valence-electron chi connectivity index (χ1n) is 12.1. The fourth-order valence-electron chi connectivity index (χ4n) is 4.67. The third-order valence-electron chi connectivity index (χ3n) is 7.03. The summed E-state index contributed by atoms with van der Waals surface area (Å²) >= 11 is 0. The van der Waals surface area contributed by atoms with Crippen LogP contribution in [0.15, 0.2) is 73.1 Å². The number of aliphatic hydroxyl groups is 1. The van der Waals surface area contributed by atoms with Crippen LogP contribution >= 0.6 is 0 Å². The minimum Gasteiger partial charge on any atom is -0.374 e. The van der Waals surface area contributed by atoms with Crippen molar-refractivity contribution in [2.45, 2.75) is 37.7 Å². The van der Waals surface area contributed by atoms with Gasteiger partial charge in [-0.05, 0) is 53.3 Å². The molecule has 0 radical (unpaired) electrons. The van der Waals surface area contributed by atoms with Gasteiger partial charge in [0, 0.05) is 51.2 Å². The molecule has 2 aromatic carbocycles. The van der Waals surface area contributed by atoms with Crippen LogP contribution in [0.1, 0.15) is 23.6 Å². The summed E-state index contributed by atoms with van der Waals surface area (Å²) in [6, 6.07) is 17.7. The molecule has 1 aliphatic heterocycles. The van der Waals surface area contributed by atoms with Gasteiger partial charge in [-0.3, -0.25) is 14.8 Å². The number of aromatic nitrogens is 1.